The van der Waals surface area contributed by atoms with Crippen LogP contribution in [0.4, 0.5) is 0 Å². The Bertz CT molecular complexity index is 493. The Balaban J connectivity index is 2.58. The van der Waals surface area contributed by atoms with Crippen LogP contribution >= 0.6 is 11.6 Å². The van der Waals surface area contributed by atoms with Crippen molar-refractivity contribution in [3.05, 3.63) is 51.9 Å². The lowest BCUT2D eigenvalue weighted by atomic mass is 10.2. The first-order valence-corrected chi connectivity index (χ1v) is 4.46. The maximum absolute atomic E-state index is 11.1. The summed E-state index contributed by atoms with van der Waals surface area (Å²) in [5.41, 5.74) is 0.593. The summed E-state index contributed by atoms with van der Waals surface area (Å²) < 4.78 is 0. The summed E-state index contributed by atoms with van der Waals surface area (Å²) in [6.07, 6.45) is 0. The Kier molecular flexibility index (Phi) is 2.33. The zero-order valence-corrected chi connectivity index (χ0v) is 7.95. The van der Waals surface area contributed by atoms with E-state index in [1.54, 1.807) is 0 Å². The van der Waals surface area contributed by atoms with E-state index in [9.17, 15) is 4.79 Å². The number of nitrogens with one attached hydrogen (secondary N) is 1. The summed E-state index contributed by atoms with van der Waals surface area (Å²) in [4.78, 5) is 17.7. The quantitative estimate of drug-likeness (QED) is 0.727. The number of benzene rings is 1. The molecule has 0 aliphatic carbocycles. The van der Waals surface area contributed by atoms with Crippen molar-refractivity contribution in [2.45, 2.75) is 0 Å². The van der Waals surface area contributed by atoms with E-state index in [1.807, 2.05) is 30.3 Å². The van der Waals surface area contributed by atoms with E-state index < -0.39 is 0 Å². The Hall–Kier alpha value is -1.61. The lowest BCUT2D eigenvalue weighted by Crippen LogP contribution is -2.06. The molecule has 0 saturated heterocycles. The second kappa shape index (κ2) is 3.64. The normalized spacial score (nSPS) is 10.1. The molecule has 0 aliphatic heterocycles. The first-order valence-electron chi connectivity index (χ1n) is 4.08. The van der Waals surface area contributed by atoms with Gasteiger partial charge in [-0.05, 0) is 0 Å². The summed E-state index contributed by atoms with van der Waals surface area (Å²) in [7, 11) is 0. The third-order valence-corrected chi connectivity index (χ3v) is 1.95. The molecule has 0 atom stereocenters. The second-order valence-electron chi connectivity index (χ2n) is 2.78. The molecule has 3 nitrogen and oxygen atoms in total. The molecule has 1 N–H and O–H groups in total. The zero-order chi connectivity index (χ0) is 9.97. The predicted molar refractivity (Wildman–Crippen MR) is 55.3 cm³/mol. The summed E-state index contributed by atoms with van der Waals surface area (Å²) in [5, 5.41) is 0.201. The first kappa shape index (κ1) is 8.97. The highest BCUT2D eigenvalue weighted by Crippen LogP contribution is 2.13. The van der Waals surface area contributed by atoms with Crippen LogP contribution in [0.3, 0.4) is 0 Å². The van der Waals surface area contributed by atoms with E-state index in [2.05, 4.69) is 9.97 Å². The highest BCUT2D eigenvalue weighted by Gasteiger charge is 2.00. The van der Waals surface area contributed by atoms with Gasteiger partial charge >= 0.3 is 0 Å². The van der Waals surface area contributed by atoms with Crippen LogP contribution in [0.1, 0.15) is 0 Å². The molecule has 0 aliphatic rings. The van der Waals surface area contributed by atoms with Gasteiger partial charge in [0.25, 0.3) is 5.56 Å². The van der Waals surface area contributed by atoms with Crippen molar-refractivity contribution in [3.63, 3.8) is 0 Å². The first-order chi connectivity index (χ1) is 6.75. The van der Waals surface area contributed by atoms with Gasteiger partial charge in [-0.3, -0.25) is 4.79 Å². The van der Waals surface area contributed by atoms with Gasteiger partial charge in [0.1, 0.15) is 11.0 Å². The van der Waals surface area contributed by atoms with Gasteiger partial charge in [0.15, 0.2) is 0 Å². The minimum atomic E-state index is -0.246. The maximum atomic E-state index is 11.1. The number of H-pyrrole nitrogens is 1. The van der Waals surface area contributed by atoms with E-state index in [4.69, 9.17) is 11.6 Å². The molecule has 0 unspecified atom stereocenters. The fraction of sp³-hybridized carbons (Fsp3) is 0. The van der Waals surface area contributed by atoms with Crippen molar-refractivity contribution in [1.82, 2.24) is 9.97 Å². The van der Waals surface area contributed by atoms with E-state index >= 15 is 0 Å². The van der Waals surface area contributed by atoms with Crippen LogP contribution in [0.25, 0.3) is 11.4 Å². The minimum absolute atomic E-state index is 0.201. The standard InChI is InChI=1S/C10H7ClN2O/c11-8-6-9(14)13-10(12-8)7-4-2-1-3-5-7/h1-6H,(H,12,13,14). The van der Waals surface area contributed by atoms with Crippen molar-refractivity contribution in [1.29, 1.82) is 0 Å². The molecule has 14 heavy (non-hydrogen) atoms. The smallest absolute Gasteiger partial charge is 0.252 e. The van der Waals surface area contributed by atoms with Crippen LogP contribution in [-0.4, -0.2) is 9.97 Å². The van der Waals surface area contributed by atoms with Gasteiger partial charge in [0.2, 0.25) is 0 Å². The molecule has 2 rings (SSSR count). The summed E-state index contributed by atoms with van der Waals surface area (Å²) in [5.74, 6) is 0.489. The SMILES string of the molecule is O=c1cc(Cl)nc(-c2ccccc2)[nH]1. The van der Waals surface area contributed by atoms with Gasteiger partial charge in [-0.15, -0.1) is 0 Å². The molecule has 0 spiro atoms. The highest BCUT2D eigenvalue weighted by atomic mass is 35.5. The number of nitrogens with zero attached hydrogens (tertiary/aromatic N) is 1. The second-order valence-corrected chi connectivity index (χ2v) is 3.17. The van der Waals surface area contributed by atoms with Crippen molar-refractivity contribution >= 4 is 11.6 Å². The van der Waals surface area contributed by atoms with Crippen LogP contribution in [0, 0.1) is 0 Å². The number of aromatic nitrogens is 2. The molecule has 4 heteroatoms. The third kappa shape index (κ3) is 1.83. The molecule has 2 aromatic rings. The fourth-order valence-corrected chi connectivity index (χ4v) is 1.34. The average molecular weight is 207 g/mol. The predicted octanol–water partition coefficient (Wildman–Crippen LogP) is 2.09. The summed E-state index contributed by atoms with van der Waals surface area (Å²) >= 11 is 5.67. The van der Waals surface area contributed by atoms with Crippen LogP contribution in [0.2, 0.25) is 5.15 Å². The van der Waals surface area contributed by atoms with E-state index in [1.165, 1.54) is 6.07 Å². The van der Waals surface area contributed by atoms with Crippen LogP contribution < -0.4 is 5.56 Å². The summed E-state index contributed by atoms with van der Waals surface area (Å²) in [6.45, 7) is 0. The van der Waals surface area contributed by atoms with E-state index in [0.717, 1.165) is 5.56 Å². The minimum Gasteiger partial charge on any atom is -0.306 e. The molecule has 1 aromatic heterocycles. The number of rotatable bonds is 1. The lowest BCUT2D eigenvalue weighted by Gasteiger charge is -1.99. The number of aromatic amines is 1. The van der Waals surface area contributed by atoms with E-state index in [0.29, 0.717) is 5.82 Å². The average Bonchev–Trinajstić information content (AvgIpc) is 2.18. The molecule has 0 bridgehead atoms. The largest absolute Gasteiger partial charge is 0.306 e. The molecular formula is C10H7ClN2O. The molecule has 70 valence electrons. The van der Waals surface area contributed by atoms with Crippen molar-refractivity contribution in [3.8, 4) is 11.4 Å². The molecular weight excluding hydrogens is 200 g/mol. The van der Waals surface area contributed by atoms with Gasteiger partial charge in [0, 0.05) is 11.6 Å². The third-order valence-electron chi connectivity index (χ3n) is 1.76. The van der Waals surface area contributed by atoms with Crippen LogP contribution in [-0.2, 0) is 0 Å². The lowest BCUT2D eigenvalue weighted by molar-refractivity contribution is 1.13. The zero-order valence-electron chi connectivity index (χ0n) is 7.20. The van der Waals surface area contributed by atoms with Gasteiger partial charge in [-0.1, -0.05) is 41.9 Å². The highest BCUT2D eigenvalue weighted by molar-refractivity contribution is 6.29. The topological polar surface area (TPSA) is 45.8 Å². The van der Waals surface area contributed by atoms with Crippen LogP contribution in [0.15, 0.2) is 41.2 Å². The van der Waals surface area contributed by atoms with Crippen LogP contribution in [0.5, 0.6) is 0 Å². The number of hydrogen-bond donors (Lipinski definition) is 1. The maximum Gasteiger partial charge on any atom is 0.252 e. The summed E-state index contributed by atoms with van der Waals surface area (Å²) in [6, 6.07) is 10.6. The molecule has 0 fully saturated rings. The molecule has 1 aromatic carbocycles. The van der Waals surface area contributed by atoms with Crippen molar-refractivity contribution < 1.29 is 0 Å². The Labute approximate surface area is 85.4 Å². The van der Waals surface area contributed by atoms with Crippen molar-refractivity contribution in [2.75, 3.05) is 0 Å². The van der Waals surface area contributed by atoms with Gasteiger partial charge in [-0.2, -0.15) is 0 Å². The van der Waals surface area contributed by atoms with Gasteiger partial charge < -0.3 is 4.98 Å². The Morgan fingerprint density at radius 1 is 1.21 bits per heavy atom. The monoisotopic (exact) mass is 206 g/mol. The molecule has 1 heterocycles. The fourth-order valence-electron chi connectivity index (χ4n) is 1.16. The van der Waals surface area contributed by atoms with Gasteiger partial charge in [0.05, 0.1) is 0 Å². The van der Waals surface area contributed by atoms with Gasteiger partial charge in [-0.25, -0.2) is 4.98 Å². The Morgan fingerprint density at radius 2 is 1.93 bits per heavy atom. The van der Waals surface area contributed by atoms with E-state index in [-0.39, 0.29) is 10.7 Å². The Morgan fingerprint density at radius 3 is 2.57 bits per heavy atom. The molecule has 0 saturated carbocycles. The number of hydrogen-bond acceptors (Lipinski definition) is 2. The van der Waals surface area contributed by atoms with Crippen molar-refractivity contribution in [2.24, 2.45) is 0 Å². The molecule has 0 radical (unpaired) electrons. The molecule has 0 amide bonds. The number of halogens is 1.